The number of rotatable bonds is 7. The number of sulfonamides is 1. The molecule has 0 unspecified atom stereocenters. The third-order valence-electron chi connectivity index (χ3n) is 3.57. The van der Waals surface area contributed by atoms with Crippen molar-refractivity contribution >= 4 is 21.8 Å². The zero-order valence-electron chi connectivity index (χ0n) is 13.6. The molecule has 0 amide bonds. The molecular weight excluding hydrogens is 330 g/mol. The Morgan fingerprint density at radius 1 is 1.38 bits per heavy atom. The molecule has 1 aliphatic heterocycles. The van der Waals surface area contributed by atoms with E-state index in [-0.39, 0.29) is 18.1 Å². The van der Waals surface area contributed by atoms with Crippen molar-refractivity contribution in [2.75, 3.05) is 51.5 Å². The van der Waals surface area contributed by atoms with Crippen LogP contribution in [0.4, 0.5) is 5.69 Å². The van der Waals surface area contributed by atoms with Gasteiger partial charge in [-0.2, -0.15) is 5.26 Å². The third kappa shape index (κ3) is 5.04. The molecule has 7 nitrogen and oxygen atoms in total. The fourth-order valence-electron chi connectivity index (χ4n) is 2.28. The molecule has 0 spiro atoms. The van der Waals surface area contributed by atoms with E-state index in [1.165, 1.54) is 13.2 Å². The van der Waals surface area contributed by atoms with Crippen molar-refractivity contribution in [2.45, 2.75) is 0 Å². The number of anilines is 1. The summed E-state index contributed by atoms with van der Waals surface area (Å²) in [6, 6.07) is 9.16. The van der Waals surface area contributed by atoms with Crippen molar-refractivity contribution in [3.8, 4) is 6.07 Å². The molecular formula is C16H21N3O4S. The number of nitrogens with one attached hydrogen (secondary N) is 1. The van der Waals surface area contributed by atoms with Gasteiger partial charge >= 0.3 is 0 Å². The van der Waals surface area contributed by atoms with Crippen molar-refractivity contribution in [3.05, 3.63) is 34.7 Å². The fourth-order valence-corrected chi connectivity index (χ4v) is 3.20. The maximum absolute atomic E-state index is 12.1. The van der Waals surface area contributed by atoms with Gasteiger partial charge in [-0.05, 0) is 23.8 Å². The zero-order chi connectivity index (χ0) is 17.4. The predicted molar refractivity (Wildman–Crippen MR) is 91.9 cm³/mol. The summed E-state index contributed by atoms with van der Waals surface area (Å²) >= 11 is 0. The van der Waals surface area contributed by atoms with Gasteiger partial charge in [-0.1, -0.05) is 12.1 Å². The highest BCUT2D eigenvalue weighted by atomic mass is 32.2. The molecule has 0 bridgehead atoms. The Labute approximate surface area is 142 Å². The summed E-state index contributed by atoms with van der Waals surface area (Å²) in [5.74, 6) is 0. The quantitative estimate of drug-likeness (QED) is 0.581. The molecule has 0 aliphatic carbocycles. The first-order valence-corrected chi connectivity index (χ1v) is 9.08. The van der Waals surface area contributed by atoms with Gasteiger partial charge in [-0.25, -0.2) is 13.1 Å². The van der Waals surface area contributed by atoms with Crippen LogP contribution in [0, 0.1) is 11.3 Å². The molecule has 8 heteroatoms. The van der Waals surface area contributed by atoms with Gasteiger partial charge in [-0.15, -0.1) is 0 Å². The Balaban J connectivity index is 2.11. The van der Waals surface area contributed by atoms with Gasteiger partial charge in [0.25, 0.3) is 10.0 Å². The summed E-state index contributed by atoms with van der Waals surface area (Å²) < 4.78 is 36.6. The number of nitriles is 1. The lowest BCUT2D eigenvalue weighted by atomic mass is 10.2. The van der Waals surface area contributed by atoms with Gasteiger partial charge in [0.2, 0.25) is 0 Å². The van der Waals surface area contributed by atoms with Crippen LogP contribution < -0.4 is 9.62 Å². The average Bonchev–Trinajstić information content (AvgIpc) is 2.61. The Morgan fingerprint density at radius 3 is 2.62 bits per heavy atom. The number of nitrogens with zero attached hydrogens (tertiary/aromatic N) is 2. The van der Waals surface area contributed by atoms with Crippen LogP contribution in [0.2, 0.25) is 0 Å². The molecule has 1 heterocycles. The highest BCUT2D eigenvalue weighted by Gasteiger charge is 2.17. The first-order chi connectivity index (χ1) is 11.6. The largest absolute Gasteiger partial charge is 0.383 e. The van der Waals surface area contributed by atoms with Gasteiger partial charge in [0.15, 0.2) is 4.91 Å². The van der Waals surface area contributed by atoms with E-state index < -0.39 is 10.0 Å². The maximum Gasteiger partial charge on any atom is 0.250 e. The summed E-state index contributed by atoms with van der Waals surface area (Å²) in [6.07, 6.45) is 1.36. The summed E-state index contributed by atoms with van der Waals surface area (Å²) in [6.45, 7) is 3.42. The number of ether oxygens (including phenoxy) is 2. The number of morpholine rings is 1. The third-order valence-corrected chi connectivity index (χ3v) is 4.94. The van der Waals surface area contributed by atoms with Crippen LogP contribution in [-0.2, 0) is 19.5 Å². The van der Waals surface area contributed by atoms with Crippen molar-refractivity contribution < 1.29 is 17.9 Å². The second kappa shape index (κ2) is 8.80. The van der Waals surface area contributed by atoms with Crippen molar-refractivity contribution in [3.63, 3.8) is 0 Å². The summed E-state index contributed by atoms with van der Waals surface area (Å²) in [4.78, 5) is 1.88. The average molecular weight is 351 g/mol. The molecule has 1 aromatic rings. The van der Waals surface area contributed by atoms with Gasteiger partial charge in [-0.3, -0.25) is 0 Å². The number of benzene rings is 1. The van der Waals surface area contributed by atoms with E-state index in [4.69, 9.17) is 14.7 Å². The van der Waals surface area contributed by atoms with Crippen LogP contribution in [0.5, 0.6) is 0 Å². The van der Waals surface area contributed by atoms with E-state index in [9.17, 15) is 8.42 Å². The van der Waals surface area contributed by atoms with E-state index in [1.54, 1.807) is 18.2 Å². The second-order valence-electron chi connectivity index (χ2n) is 5.20. The zero-order valence-corrected chi connectivity index (χ0v) is 14.4. The minimum atomic E-state index is -3.83. The summed E-state index contributed by atoms with van der Waals surface area (Å²) in [7, 11) is -2.35. The molecule has 2 rings (SSSR count). The van der Waals surface area contributed by atoms with Crippen LogP contribution in [0.15, 0.2) is 29.2 Å². The molecule has 1 fully saturated rings. The number of allylic oxidation sites excluding steroid dienone is 1. The molecule has 1 saturated heterocycles. The van der Waals surface area contributed by atoms with E-state index in [1.807, 2.05) is 12.1 Å². The molecule has 24 heavy (non-hydrogen) atoms. The van der Waals surface area contributed by atoms with Crippen LogP contribution in [0.1, 0.15) is 5.56 Å². The Bertz CT molecular complexity index is 702. The molecule has 130 valence electrons. The van der Waals surface area contributed by atoms with E-state index in [0.717, 1.165) is 18.8 Å². The highest BCUT2D eigenvalue weighted by molar-refractivity contribution is 7.93. The molecule has 1 aliphatic rings. The van der Waals surface area contributed by atoms with Gasteiger partial charge < -0.3 is 14.4 Å². The molecule has 0 radical (unpaired) electrons. The summed E-state index contributed by atoms with van der Waals surface area (Å²) in [5, 5.41) is 9.15. The lowest BCUT2D eigenvalue weighted by Crippen LogP contribution is -2.36. The molecule has 0 atom stereocenters. The van der Waals surface area contributed by atoms with Gasteiger partial charge in [0.05, 0.1) is 19.8 Å². The molecule has 0 aromatic heterocycles. The maximum atomic E-state index is 12.1. The Kier molecular flexibility index (Phi) is 6.75. The monoisotopic (exact) mass is 351 g/mol. The van der Waals surface area contributed by atoms with Crippen molar-refractivity contribution in [1.82, 2.24) is 4.72 Å². The Morgan fingerprint density at radius 2 is 2.04 bits per heavy atom. The van der Waals surface area contributed by atoms with Crippen LogP contribution in [-0.4, -0.2) is 55.0 Å². The molecule has 1 N–H and O–H groups in total. The number of hydrogen-bond acceptors (Lipinski definition) is 6. The van der Waals surface area contributed by atoms with Gasteiger partial charge in [0.1, 0.15) is 6.07 Å². The van der Waals surface area contributed by atoms with Crippen molar-refractivity contribution in [2.24, 2.45) is 0 Å². The smallest absolute Gasteiger partial charge is 0.250 e. The lowest BCUT2D eigenvalue weighted by molar-refractivity contribution is 0.122. The van der Waals surface area contributed by atoms with E-state index in [0.29, 0.717) is 18.8 Å². The normalized spacial score (nSPS) is 16.0. The topological polar surface area (TPSA) is 91.7 Å². The molecule has 1 aromatic carbocycles. The first kappa shape index (κ1) is 18.4. The standard InChI is InChI=1S/C16H21N3O4S/c1-22-9-6-18-24(20,21)16(13-17)12-14-2-4-15(5-3-14)19-7-10-23-11-8-19/h2-5,12,18H,6-11H2,1H3/b16-12+. The minimum absolute atomic E-state index is 0.119. The Hall–Kier alpha value is -1.92. The minimum Gasteiger partial charge on any atom is -0.383 e. The van der Waals surface area contributed by atoms with Crippen LogP contribution in [0.3, 0.4) is 0 Å². The first-order valence-electron chi connectivity index (χ1n) is 7.60. The van der Waals surface area contributed by atoms with E-state index >= 15 is 0 Å². The summed E-state index contributed by atoms with van der Waals surface area (Å²) in [5.41, 5.74) is 1.70. The molecule has 0 saturated carbocycles. The highest BCUT2D eigenvalue weighted by Crippen LogP contribution is 2.19. The van der Waals surface area contributed by atoms with Gasteiger partial charge in [0, 0.05) is 32.4 Å². The SMILES string of the molecule is COCCNS(=O)(=O)/C(C#N)=C/c1ccc(N2CCOCC2)cc1. The number of hydrogen-bond donors (Lipinski definition) is 1. The van der Waals surface area contributed by atoms with Crippen molar-refractivity contribution in [1.29, 1.82) is 5.26 Å². The van der Waals surface area contributed by atoms with Crippen LogP contribution in [0.25, 0.3) is 6.08 Å². The fraction of sp³-hybridized carbons (Fsp3) is 0.438. The van der Waals surface area contributed by atoms with Crippen LogP contribution >= 0.6 is 0 Å². The predicted octanol–water partition coefficient (Wildman–Crippen LogP) is 0.953. The number of methoxy groups -OCH3 is 1. The second-order valence-corrected chi connectivity index (χ2v) is 6.94. The van der Waals surface area contributed by atoms with E-state index in [2.05, 4.69) is 9.62 Å². The lowest BCUT2D eigenvalue weighted by Gasteiger charge is -2.28.